The lowest BCUT2D eigenvalue weighted by Gasteiger charge is -2.48. The van der Waals surface area contributed by atoms with E-state index in [0.29, 0.717) is 41.1 Å². The number of benzene rings is 1. The van der Waals surface area contributed by atoms with Crippen molar-refractivity contribution in [2.24, 2.45) is 0 Å². The van der Waals surface area contributed by atoms with E-state index in [9.17, 15) is 13.2 Å². The maximum absolute atomic E-state index is 13.8. The summed E-state index contributed by atoms with van der Waals surface area (Å²) in [6, 6.07) is 5.39. The smallest absolute Gasteiger partial charge is 0.252 e. The summed E-state index contributed by atoms with van der Waals surface area (Å²) in [5.41, 5.74) is 1.34. The first kappa shape index (κ1) is 19.9. The van der Waals surface area contributed by atoms with Crippen molar-refractivity contribution in [2.75, 3.05) is 4.90 Å². The molecule has 0 bridgehead atoms. The van der Waals surface area contributed by atoms with Crippen LogP contribution >= 0.6 is 0 Å². The Hall–Kier alpha value is -3.76. The van der Waals surface area contributed by atoms with Crippen LogP contribution in [0.5, 0.6) is 0 Å². The summed E-state index contributed by atoms with van der Waals surface area (Å²) in [6.45, 7) is 1.99. The first-order chi connectivity index (χ1) is 15.9. The highest BCUT2D eigenvalue weighted by Crippen LogP contribution is 2.48. The van der Waals surface area contributed by atoms with E-state index in [2.05, 4.69) is 20.2 Å². The van der Waals surface area contributed by atoms with Crippen LogP contribution in [0.15, 0.2) is 49.2 Å². The zero-order chi connectivity index (χ0) is 22.7. The Kier molecular flexibility index (Phi) is 4.29. The average Bonchev–Trinajstić information content (AvgIpc) is 3.46. The number of imidazole rings is 1. The predicted octanol–water partition coefficient (Wildman–Crippen LogP) is 4.12. The molecule has 4 heterocycles. The molecule has 8 nitrogen and oxygen atoms in total. The Morgan fingerprint density at radius 1 is 1.09 bits per heavy atom. The number of alkyl halides is 2. The number of hydrogen-bond acceptors (Lipinski definition) is 6. The molecule has 1 atom stereocenters. The van der Waals surface area contributed by atoms with Gasteiger partial charge in [0.1, 0.15) is 23.7 Å². The van der Waals surface area contributed by atoms with Gasteiger partial charge in [-0.1, -0.05) is 6.92 Å². The lowest BCUT2D eigenvalue weighted by atomic mass is 9.85. The molecule has 6 rings (SSSR count). The topological polar surface area (TPSA) is 77.5 Å². The number of fused-ring (bicyclic) bond motifs is 3. The molecule has 33 heavy (non-hydrogen) atoms. The van der Waals surface area contributed by atoms with Crippen LogP contribution in [0, 0.1) is 5.82 Å². The Morgan fingerprint density at radius 2 is 1.88 bits per heavy atom. The average molecular weight is 452 g/mol. The van der Waals surface area contributed by atoms with Crippen LogP contribution in [0.1, 0.15) is 38.1 Å². The van der Waals surface area contributed by atoms with E-state index in [1.54, 1.807) is 41.6 Å². The fourth-order valence-electron chi connectivity index (χ4n) is 4.67. The van der Waals surface area contributed by atoms with Crippen LogP contribution in [-0.2, 0) is 0 Å². The number of anilines is 1. The molecule has 0 amide bonds. The molecule has 1 fully saturated rings. The van der Waals surface area contributed by atoms with Crippen molar-refractivity contribution in [2.45, 2.75) is 44.2 Å². The molecule has 0 saturated heterocycles. The van der Waals surface area contributed by atoms with Crippen molar-refractivity contribution in [3.8, 4) is 23.0 Å². The minimum absolute atomic E-state index is 0.233. The zero-order valence-electron chi connectivity index (χ0n) is 17.6. The molecule has 11 heteroatoms. The van der Waals surface area contributed by atoms with Gasteiger partial charge in [0.2, 0.25) is 5.95 Å². The molecule has 4 aromatic rings. The molecule has 168 valence electrons. The molecule has 1 aliphatic heterocycles. The molecule has 1 aliphatic carbocycles. The predicted molar refractivity (Wildman–Crippen MR) is 113 cm³/mol. The van der Waals surface area contributed by atoms with Gasteiger partial charge < -0.3 is 4.90 Å². The van der Waals surface area contributed by atoms with E-state index >= 15 is 0 Å². The van der Waals surface area contributed by atoms with Crippen LogP contribution in [0.3, 0.4) is 0 Å². The second-order valence-corrected chi connectivity index (χ2v) is 8.32. The van der Waals surface area contributed by atoms with Crippen molar-refractivity contribution in [1.82, 2.24) is 34.3 Å². The fraction of sp³-hybridized carbons (Fsp3) is 0.318. The number of hydrogen-bond donors (Lipinski definition) is 0. The maximum atomic E-state index is 13.8. The van der Waals surface area contributed by atoms with E-state index < -0.39 is 5.92 Å². The standard InChI is InChI=1S/C22H19F3N8/c1-2-16-20-30-28-12-32(20)17-11-27-21(29-19(17)33(16)15-9-22(24,25)10-15)31-8-7-26-18(31)13-3-5-14(23)6-4-13/h3-8,11-12,15-16H,2,9-10H2,1H3. The van der Waals surface area contributed by atoms with Gasteiger partial charge in [0, 0.05) is 36.8 Å². The van der Waals surface area contributed by atoms with Crippen LogP contribution in [0.4, 0.5) is 19.0 Å². The first-order valence-corrected chi connectivity index (χ1v) is 10.7. The largest absolute Gasteiger partial charge is 0.341 e. The van der Waals surface area contributed by atoms with Crippen LogP contribution in [0.25, 0.3) is 23.0 Å². The lowest BCUT2D eigenvalue weighted by Crippen LogP contribution is -2.54. The second kappa shape index (κ2) is 7.12. The third-order valence-corrected chi connectivity index (χ3v) is 6.26. The van der Waals surface area contributed by atoms with Gasteiger partial charge in [0.15, 0.2) is 11.6 Å². The fourth-order valence-corrected chi connectivity index (χ4v) is 4.67. The van der Waals surface area contributed by atoms with E-state index in [1.807, 2.05) is 16.4 Å². The third-order valence-electron chi connectivity index (χ3n) is 6.26. The van der Waals surface area contributed by atoms with Crippen molar-refractivity contribution in [1.29, 1.82) is 0 Å². The van der Waals surface area contributed by atoms with Crippen LogP contribution < -0.4 is 4.90 Å². The van der Waals surface area contributed by atoms with Crippen LogP contribution in [-0.4, -0.2) is 46.2 Å². The van der Waals surface area contributed by atoms with E-state index in [4.69, 9.17) is 4.98 Å². The number of rotatable bonds is 4. The van der Waals surface area contributed by atoms with E-state index in [1.165, 1.54) is 12.1 Å². The molecule has 1 unspecified atom stereocenters. The van der Waals surface area contributed by atoms with Gasteiger partial charge >= 0.3 is 0 Å². The molecule has 1 aromatic carbocycles. The molecule has 2 aliphatic rings. The molecule has 0 N–H and O–H groups in total. The van der Waals surface area contributed by atoms with Crippen molar-refractivity contribution >= 4 is 5.82 Å². The van der Waals surface area contributed by atoms with Crippen LogP contribution in [0.2, 0.25) is 0 Å². The molecule has 0 spiro atoms. The van der Waals surface area contributed by atoms with Gasteiger partial charge in [-0.3, -0.25) is 9.13 Å². The van der Waals surface area contributed by atoms with Gasteiger partial charge in [-0.05, 0) is 30.7 Å². The normalized spacial score (nSPS) is 19.2. The zero-order valence-corrected chi connectivity index (χ0v) is 17.6. The highest BCUT2D eigenvalue weighted by atomic mass is 19.3. The summed E-state index contributed by atoms with van der Waals surface area (Å²) in [5, 5.41) is 8.29. The van der Waals surface area contributed by atoms with Gasteiger partial charge in [0.25, 0.3) is 5.92 Å². The highest BCUT2D eigenvalue weighted by molar-refractivity contribution is 5.64. The Balaban J connectivity index is 1.48. The molecular weight excluding hydrogens is 433 g/mol. The Bertz CT molecular complexity index is 1320. The second-order valence-electron chi connectivity index (χ2n) is 8.32. The van der Waals surface area contributed by atoms with Crippen molar-refractivity contribution in [3.63, 3.8) is 0 Å². The summed E-state index contributed by atoms with van der Waals surface area (Å²) < 4.78 is 44.6. The third kappa shape index (κ3) is 3.10. The number of halogens is 3. The molecule has 0 radical (unpaired) electrons. The van der Waals surface area contributed by atoms with Crippen molar-refractivity contribution < 1.29 is 13.2 Å². The highest BCUT2D eigenvalue weighted by Gasteiger charge is 2.51. The summed E-state index contributed by atoms with van der Waals surface area (Å²) in [5.74, 6) is -0.892. The summed E-state index contributed by atoms with van der Waals surface area (Å²) in [6.07, 6.45) is 6.75. The summed E-state index contributed by atoms with van der Waals surface area (Å²) in [4.78, 5) is 15.7. The summed E-state index contributed by atoms with van der Waals surface area (Å²) in [7, 11) is 0. The minimum Gasteiger partial charge on any atom is -0.341 e. The molecular formula is C22H19F3N8. The van der Waals surface area contributed by atoms with Gasteiger partial charge in [-0.2, -0.15) is 4.98 Å². The van der Waals surface area contributed by atoms with Gasteiger partial charge in [-0.25, -0.2) is 23.1 Å². The minimum atomic E-state index is -2.68. The van der Waals surface area contributed by atoms with Gasteiger partial charge in [-0.15, -0.1) is 10.2 Å². The van der Waals surface area contributed by atoms with E-state index in [0.717, 1.165) is 0 Å². The molecule has 1 saturated carbocycles. The Labute approximate surface area is 186 Å². The number of nitrogens with zero attached hydrogens (tertiary/aromatic N) is 8. The lowest BCUT2D eigenvalue weighted by molar-refractivity contribution is -0.0878. The summed E-state index contributed by atoms with van der Waals surface area (Å²) >= 11 is 0. The van der Waals surface area contributed by atoms with Crippen molar-refractivity contribution in [3.05, 3.63) is 60.8 Å². The van der Waals surface area contributed by atoms with Gasteiger partial charge in [0.05, 0.1) is 12.2 Å². The molecule has 3 aromatic heterocycles. The number of aromatic nitrogens is 7. The SMILES string of the molecule is CCC1c2nncn2-c2cnc(-n3ccnc3-c3ccc(F)cc3)nc2N1C1CC(F)(F)C1. The first-order valence-electron chi connectivity index (χ1n) is 10.7. The van der Waals surface area contributed by atoms with E-state index in [-0.39, 0.29) is 30.7 Å². The monoisotopic (exact) mass is 452 g/mol. The quantitative estimate of drug-likeness (QED) is 0.464. The Morgan fingerprint density at radius 3 is 2.61 bits per heavy atom. The maximum Gasteiger partial charge on any atom is 0.252 e.